The van der Waals surface area contributed by atoms with E-state index in [1.807, 2.05) is 111 Å². The molecular formula is C94H151NO30. The van der Waals surface area contributed by atoms with Crippen LogP contribution in [0.3, 0.4) is 0 Å². The van der Waals surface area contributed by atoms with Gasteiger partial charge in [0.2, 0.25) is 12.2 Å². The second-order valence-electron chi connectivity index (χ2n) is 39.6. The van der Waals surface area contributed by atoms with Crippen molar-refractivity contribution in [2.75, 3.05) is 20.8 Å². The van der Waals surface area contributed by atoms with Gasteiger partial charge in [-0.3, -0.25) is 52.7 Å². The van der Waals surface area contributed by atoms with Gasteiger partial charge < -0.3 is 80.5 Å². The number of nitriles is 1. The van der Waals surface area contributed by atoms with Gasteiger partial charge in [0.25, 0.3) is 0 Å². The maximum atomic E-state index is 12.4. The minimum atomic E-state index is -1.07. The van der Waals surface area contributed by atoms with Gasteiger partial charge >= 0.3 is 77.6 Å². The lowest BCUT2D eigenvalue weighted by Crippen LogP contribution is -2.45. The molecule has 8 bridgehead atoms. The topological polar surface area (TPSA) is 403 Å². The molecule has 17 rings (SSSR count). The van der Waals surface area contributed by atoms with Gasteiger partial charge in [0.1, 0.15) is 42.7 Å². The highest BCUT2D eigenvalue weighted by atomic mass is 16.9. The molecule has 31 nitrogen and oxygen atoms in total. The lowest BCUT2D eigenvalue weighted by atomic mass is 9.74. The molecule has 17 aliphatic rings. The minimum Gasteiger partial charge on any atom is -0.469 e. The third-order valence-electron chi connectivity index (χ3n) is 29.6. The van der Waals surface area contributed by atoms with Gasteiger partial charge in [0.05, 0.1) is 89.2 Å². The fraction of sp³-hybridized carbons (Fsp3) is 0.851. The molecule has 125 heavy (non-hydrogen) atoms. The molecule has 0 amide bonds. The van der Waals surface area contributed by atoms with E-state index in [9.17, 15) is 67.6 Å². The second kappa shape index (κ2) is 40.6. The lowest BCUT2D eigenvalue weighted by molar-refractivity contribution is -0.217. The molecule has 10 aliphatic heterocycles. The Morgan fingerprint density at radius 3 is 1.43 bits per heavy atom. The molecule has 28 unspecified atom stereocenters. The van der Waals surface area contributed by atoms with E-state index < -0.39 is 141 Å². The molecule has 31 heteroatoms. The molecule has 7 saturated carbocycles. The van der Waals surface area contributed by atoms with E-state index in [1.165, 1.54) is 33.5 Å². The van der Waals surface area contributed by atoms with Gasteiger partial charge in [-0.1, -0.05) is 86.1 Å². The molecule has 17 fully saturated rings. The van der Waals surface area contributed by atoms with Gasteiger partial charge in [-0.15, -0.1) is 0 Å². The number of ether oxygens (including phenoxy) is 17. The first kappa shape index (κ1) is 108. The molecular weight excluding hydrogens is 1620 g/mol. The SMILES string of the molecule is C.C.C.C.C.C.CCC(C)(C)C(=O)OC.CCC(C)(C)C(=O)OC1C(=O)OC2C3OC(C)(C)OC3OC12.CCC(C)(C)C(=O)OC1C(=O)OC2CCCC21.CCC(C)(C)C(=O)OC1C2CC3C(=O)OC1C3O2.CCC(C)(C)C(=O)OC1C2CC3C1OC(=O)C3(C#N)C2.CCC(C)(C)C(=O)OC1C2CC3C1OC(=O)C3C2C(=O)OC.O=C1OCC2C3CCC(C3)C12. The van der Waals surface area contributed by atoms with Crippen LogP contribution in [0.4, 0.5) is 0 Å². The van der Waals surface area contributed by atoms with Crippen LogP contribution < -0.4 is 0 Å². The molecule has 10 saturated heterocycles. The Morgan fingerprint density at radius 1 is 0.416 bits per heavy atom. The number of hydrogen-bond donors (Lipinski definition) is 0. The van der Waals surface area contributed by atoms with E-state index >= 15 is 0 Å². The van der Waals surface area contributed by atoms with E-state index in [0.29, 0.717) is 69.1 Å². The van der Waals surface area contributed by atoms with Crippen LogP contribution in [0, 0.1) is 120 Å². The normalized spacial score (nSPS) is 36.1. The van der Waals surface area contributed by atoms with Crippen molar-refractivity contribution < 1.29 is 143 Å². The summed E-state index contributed by atoms with van der Waals surface area (Å²) < 4.78 is 91.3. The number of fused-ring (bicyclic) bond motifs is 12. The van der Waals surface area contributed by atoms with Crippen molar-refractivity contribution in [2.45, 2.75) is 383 Å². The van der Waals surface area contributed by atoms with Crippen LogP contribution in [0.2, 0.25) is 0 Å². The number of cyclic esters (lactones) is 1. The summed E-state index contributed by atoms with van der Waals surface area (Å²) in [6, 6.07) is 2.15. The zero-order valence-corrected chi connectivity index (χ0v) is 73.3. The second-order valence-corrected chi connectivity index (χ2v) is 39.6. The van der Waals surface area contributed by atoms with Gasteiger partial charge in [0.15, 0.2) is 41.9 Å². The van der Waals surface area contributed by atoms with Crippen molar-refractivity contribution in [1.29, 1.82) is 5.26 Å². The van der Waals surface area contributed by atoms with Crippen LogP contribution >= 0.6 is 0 Å². The third kappa shape index (κ3) is 20.5. The quantitative estimate of drug-likeness (QED) is 0.0908. The first-order chi connectivity index (χ1) is 55.6. The first-order valence-corrected chi connectivity index (χ1v) is 43.1. The third-order valence-corrected chi connectivity index (χ3v) is 29.6. The Morgan fingerprint density at radius 2 is 0.912 bits per heavy atom. The molecule has 7 aliphatic carbocycles. The van der Waals surface area contributed by atoms with Crippen molar-refractivity contribution in [2.24, 2.45) is 109 Å². The van der Waals surface area contributed by atoms with Crippen LogP contribution in [0.15, 0.2) is 0 Å². The molecule has 10 heterocycles. The highest BCUT2D eigenvalue weighted by Gasteiger charge is 2.74. The Bertz CT molecular complexity index is 3940. The van der Waals surface area contributed by atoms with Gasteiger partial charge in [0, 0.05) is 35.5 Å². The van der Waals surface area contributed by atoms with E-state index in [0.717, 1.165) is 44.6 Å². The van der Waals surface area contributed by atoms with Crippen LogP contribution in [0.25, 0.3) is 0 Å². The maximum Gasteiger partial charge on any atom is 0.350 e. The van der Waals surface area contributed by atoms with Gasteiger partial charge in [-0.25, -0.2) is 9.59 Å². The monoisotopic (exact) mass is 1770 g/mol. The van der Waals surface area contributed by atoms with Crippen LogP contribution in [0.1, 0.15) is 286 Å². The average molecular weight is 1780 g/mol. The number of methoxy groups -OCH3 is 2. The first-order valence-electron chi connectivity index (χ1n) is 43.1. The Labute approximate surface area is 741 Å². The highest BCUT2D eigenvalue weighted by Crippen LogP contribution is 2.63. The molecule has 0 N–H and O–H groups in total. The van der Waals surface area contributed by atoms with Crippen LogP contribution in [-0.2, 0) is 143 Å². The van der Waals surface area contributed by atoms with E-state index in [4.69, 9.17) is 75.8 Å². The summed E-state index contributed by atoms with van der Waals surface area (Å²) in [7, 11) is 2.73. The predicted octanol–water partition coefficient (Wildman–Crippen LogP) is 14.0. The molecule has 0 radical (unpaired) electrons. The van der Waals surface area contributed by atoms with E-state index in [2.05, 4.69) is 10.8 Å². The fourth-order valence-electron chi connectivity index (χ4n) is 19.4. The summed E-state index contributed by atoms with van der Waals surface area (Å²) >= 11 is 0. The standard InChI is InChI=1S/C16H22O6.C15H19NO4.C15H22O7.C13H18O5.C13H20O4.C9H12O2.C7H14O2.6CH4/c1-5-16(2,3)15(19)22-12-7-6-8-10(9(7)13(17)20-4)14(18)21-11(8)12;1-4-14(2,3)12(17)19-10-8-5-9-11(10)20-13(18)15(9,6-8)7-16;1-6-14(2,3)13(17)20-9-7-8(18-11(9)16)10-12(19-7)22-15(4,5)21-10;1-4-13(2,3)12(15)18-9-7-5-6-8(16-7)10(9)17-11(6)14;1-4-13(2,3)12(15)17-10-8-6-5-7-9(8)16-11(10)14;10-9-8-6-2-1-5(3-6)7(8)4-11-9;1-5-7(2,3)6(8)9-4;;;;;;/h7-12H,5-6H2,1-4H3;8-11H,4-6H2,1-3H3;7-10,12H,6H2,1-5H3;6-10H,4-5H2,1-3H3;8-10H,4-7H2,1-3H3;5-8H,1-4H2;5H2,1-4H3;6*1H4. The highest BCUT2D eigenvalue weighted by molar-refractivity contribution is 5.88. The summed E-state index contributed by atoms with van der Waals surface area (Å²) in [4.78, 5) is 154. The Hall–Kier alpha value is -7.56. The number of hydrogen-bond acceptors (Lipinski definition) is 31. The van der Waals surface area contributed by atoms with Crippen LogP contribution in [-0.4, -0.2) is 196 Å². The van der Waals surface area contributed by atoms with Gasteiger partial charge in [-0.05, 0) is 212 Å². The van der Waals surface area contributed by atoms with Crippen molar-refractivity contribution in [3.63, 3.8) is 0 Å². The van der Waals surface area contributed by atoms with Crippen molar-refractivity contribution in [3.8, 4) is 6.07 Å². The largest absolute Gasteiger partial charge is 0.469 e. The number of nitrogens with zero attached hydrogens (tertiary/aromatic N) is 1. The molecule has 0 aromatic carbocycles. The van der Waals surface area contributed by atoms with E-state index in [-0.39, 0.29) is 164 Å². The zero-order chi connectivity index (χ0) is 87.8. The van der Waals surface area contributed by atoms with Gasteiger partial charge in [-0.2, -0.15) is 5.26 Å². The predicted molar refractivity (Wildman–Crippen MR) is 452 cm³/mol. The summed E-state index contributed by atoms with van der Waals surface area (Å²) in [5.74, 6) is -3.57. The number of carbonyl (C=O) groups excluding carboxylic acids is 13. The maximum absolute atomic E-state index is 12.4. The molecule has 712 valence electrons. The number of carbonyl (C=O) groups is 13. The minimum absolute atomic E-state index is 0. The zero-order valence-electron chi connectivity index (χ0n) is 73.3. The van der Waals surface area contributed by atoms with Crippen molar-refractivity contribution in [3.05, 3.63) is 0 Å². The van der Waals surface area contributed by atoms with Crippen molar-refractivity contribution in [1.82, 2.24) is 0 Å². The van der Waals surface area contributed by atoms with Crippen molar-refractivity contribution >= 4 is 77.6 Å². The summed E-state index contributed by atoms with van der Waals surface area (Å²) in [5, 5.41) is 9.31. The summed E-state index contributed by atoms with van der Waals surface area (Å²) in [6.45, 7) is 37.9. The average Bonchev–Trinajstić information content (AvgIpc) is 1.55. The smallest absolute Gasteiger partial charge is 0.350 e. The number of esters is 13. The summed E-state index contributed by atoms with van der Waals surface area (Å²) in [6.07, 6.45) is 6.42. The van der Waals surface area contributed by atoms with Crippen LogP contribution in [0.5, 0.6) is 0 Å². The molecule has 0 aromatic heterocycles. The molecule has 0 aromatic rings. The Kier molecular flexibility index (Phi) is 35.1. The lowest BCUT2D eigenvalue weighted by Gasteiger charge is -2.32. The molecule has 0 spiro atoms. The Balaban J connectivity index is 0.000000261. The number of rotatable bonds is 18. The summed E-state index contributed by atoms with van der Waals surface area (Å²) in [5.41, 5.74) is -4.11. The van der Waals surface area contributed by atoms with E-state index in [1.54, 1.807) is 27.7 Å². The molecule has 28 atom stereocenters. The fourth-order valence-corrected chi connectivity index (χ4v) is 19.4.